The Bertz CT molecular complexity index is 648. The minimum Gasteiger partial charge on any atom is -0.744 e. The fourth-order valence-electron chi connectivity index (χ4n) is 3.82. The van der Waals surface area contributed by atoms with Crippen molar-refractivity contribution in [3.05, 3.63) is 29.8 Å². The van der Waals surface area contributed by atoms with Gasteiger partial charge in [-0.05, 0) is 57.6 Å². The molecule has 1 aromatic rings. The van der Waals surface area contributed by atoms with Crippen molar-refractivity contribution in [3.8, 4) is 0 Å². The highest BCUT2D eigenvalue weighted by molar-refractivity contribution is 9.09. The van der Waals surface area contributed by atoms with Gasteiger partial charge in [0.1, 0.15) is 10.1 Å². The molecule has 0 N–H and O–H groups in total. The van der Waals surface area contributed by atoms with Gasteiger partial charge in [-0.15, -0.1) is 0 Å². The molecule has 0 atom stereocenters. The maximum absolute atomic E-state index is 10.4. The molecule has 0 amide bonds. The van der Waals surface area contributed by atoms with Crippen LogP contribution in [0.25, 0.3) is 0 Å². The topological polar surface area (TPSA) is 57.2 Å². The standard InChI is InChI=1S/C19H41BrN.C7H8O3S/c1-4-6-8-10-13-17-21(3,19-15-12-16-20)18-14-11-9-7-5-2;1-6-2-4-7(5-3-6)11(8,9)10/h4-19H2,1-3H3;2-5H,1H3,(H,8,9,10)/q+1;/p-1. The SMILES string of the molecule is CCCCCCC[N+](C)(CCCCBr)CCCCCCC.Cc1ccc(S(=O)(=O)[O-])cc1. The van der Waals surface area contributed by atoms with E-state index in [2.05, 4.69) is 36.8 Å². The van der Waals surface area contributed by atoms with E-state index in [-0.39, 0.29) is 4.90 Å². The number of rotatable bonds is 17. The summed E-state index contributed by atoms with van der Waals surface area (Å²) in [7, 11) is -1.76. The van der Waals surface area contributed by atoms with Crippen molar-refractivity contribution >= 4 is 26.0 Å². The van der Waals surface area contributed by atoms with E-state index in [4.69, 9.17) is 0 Å². The van der Waals surface area contributed by atoms with Gasteiger partial charge in [0.15, 0.2) is 0 Å². The predicted octanol–water partition coefficient (Wildman–Crippen LogP) is 7.45. The van der Waals surface area contributed by atoms with Gasteiger partial charge in [-0.3, -0.25) is 0 Å². The van der Waals surface area contributed by atoms with Crippen LogP contribution in [0.15, 0.2) is 29.2 Å². The second-order valence-corrected chi connectivity index (χ2v) is 11.5. The Kier molecular flexibility index (Phi) is 18.7. The van der Waals surface area contributed by atoms with Crippen LogP contribution in [0, 0.1) is 6.92 Å². The van der Waals surface area contributed by atoms with Gasteiger partial charge >= 0.3 is 0 Å². The molecular weight excluding hydrogens is 486 g/mol. The van der Waals surface area contributed by atoms with Crippen molar-refractivity contribution in [2.45, 2.75) is 103 Å². The van der Waals surface area contributed by atoms with Crippen LogP contribution in [0.1, 0.15) is 96.5 Å². The number of hydrogen-bond acceptors (Lipinski definition) is 3. The van der Waals surface area contributed by atoms with Gasteiger partial charge in [0, 0.05) is 5.33 Å². The molecule has 0 saturated heterocycles. The summed E-state index contributed by atoms with van der Waals surface area (Å²) in [6.45, 7) is 10.6. The van der Waals surface area contributed by atoms with Crippen LogP contribution in [0.2, 0.25) is 0 Å². The van der Waals surface area contributed by atoms with E-state index in [1.165, 1.54) is 119 Å². The molecule has 1 rings (SSSR count). The van der Waals surface area contributed by atoms with Crippen molar-refractivity contribution in [3.63, 3.8) is 0 Å². The Hall–Kier alpha value is -0.430. The number of aryl methyl sites for hydroxylation is 1. The first-order valence-corrected chi connectivity index (χ1v) is 15.1. The maximum atomic E-state index is 10.4. The molecule has 0 aromatic heterocycles. The van der Waals surface area contributed by atoms with Crippen LogP contribution in [0.5, 0.6) is 0 Å². The highest BCUT2D eigenvalue weighted by Crippen LogP contribution is 2.15. The van der Waals surface area contributed by atoms with Crippen LogP contribution in [-0.4, -0.2) is 49.5 Å². The van der Waals surface area contributed by atoms with Gasteiger partial charge in [0.2, 0.25) is 0 Å². The summed E-state index contributed by atoms with van der Waals surface area (Å²) in [5.41, 5.74) is 0.928. The van der Waals surface area contributed by atoms with Gasteiger partial charge in [0.25, 0.3) is 0 Å². The molecule has 0 radical (unpaired) electrons. The van der Waals surface area contributed by atoms with Crippen LogP contribution in [0.3, 0.4) is 0 Å². The van der Waals surface area contributed by atoms with Crippen LogP contribution >= 0.6 is 15.9 Å². The molecule has 188 valence electrons. The summed E-state index contributed by atoms with van der Waals surface area (Å²) in [4.78, 5) is -0.178. The van der Waals surface area contributed by atoms with Crippen molar-refractivity contribution in [2.75, 3.05) is 32.0 Å². The molecule has 0 saturated carbocycles. The lowest BCUT2D eigenvalue weighted by molar-refractivity contribution is -0.910. The number of benzene rings is 1. The van der Waals surface area contributed by atoms with Crippen LogP contribution < -0.4 is 0 Å². The summed E-state index contributed by atoms with van der Waals surface area (Å²) in [6.07, 6.45) is 16.9. The summed E-state index contributed by atoms with van der Waals surface area (Å²) in [5.74, 6) is 0. The third-order valence-electron chi connectivity index (χ3n) is 5.99. The summed E-state index contributed by atoms with van der Waals surface area (Å²) in [6, 6.07) is 5.78. The molecule has 32 heavy (non-hydrogen) atoms. The van der Waals surface area contributed by atoms with E-state index in [1.807, 2.05) is 6.92 Å². The number of unbranched alkanes of at least 4 members (excludes halogenated alkanes) is 9. The average molecular weight is 535 g/mol. The third-order valence-corrected chi connectivity index (χ3v) is 7.40. The van der Waals surface area contributed by atoms with E-state index < -0.39 is 10.1 Å². The van der Waals surface area contributed by atoms with Crippen molar-refractivity contribution in [1.29, 1.82) is 0 Å². The molecule has 0 fully saturated rings. The second kappa shape index (κ2) is 18.9. The quantitative estimate of drug-likeness (QED) is 0.0903. The van der Waals surface area contributed by atoms with E-state index in [0.717, 1.165) is 5.56 Å². The molecule has 4 nitrogen and oxygen atoms in total. The third kappa shape index (κ3) is 17.1. The van der Waals surface area contributed by atoms with Crippen LogP contribution in [0.4, 0.5) is 0 Å². The molecule has 0 aliphatic heterocycles. The smallest absolute Gasteiger partial charge is 0.124 e. The van der Waals surface area contributed by atoms with E-state index >= 15 is 0 Å². The Balaban J connectivity index is 0.000000726. The van der Waals surface area contributed by atoms with Crippen molar-refractivity contribution < 1.29 is 17.5 Å². The van der Waals surface area contributed by atoms with Gasteiger partial charge in [-0.1, -0.05) is 86.0 Å². The van der Waals surface area contributed by atoms with Gasteiger partial charge in [-0.2, -0.15) is 0 Å². The monoisotopic (exact) mass is 533 g/mol. The number of quaternary nitrogens is 1. The fourth-order valence-corrected chi connectivity index (χ4v) is 4.69. The molecular formula is C26H48BrNO3S. The average Bonchev–Trinajstić information content (AvgIpc) is 2.74. The van der Waals surface area contributed by atoms with Crippen molar-refractivity contribution in [1.82, 2.24) is 0 Å². The predicted molar refractivity (Wildman–Crippen MR) is 140 cm³/mol. The number of alkyl halides is 1. The molecule has 0 aliphatic rings. The Morgan fingerprint density at radius 2 is 1.16 bits per heavy atom. The molecule has 0 aliphatic carbocycles. The Morgan fingerprint density at radius 3 is 1.53 bits per heavy atom. The number of halogens is 1. The zero-order valence-electron chi connectivity index (χ0n) is 21.1. The summed E-state index contributed by atoms with van der Waals surface area (Å²) in [5, 5.41) is 1.17. The van der Waals surface area contributed by atoms with Gasteiger partial charge < -0.3 is 9.04 Å². The molecule has 0 heterocycles. The zero-order chi connectivity index (χ0) is 24.3. The van der Waals surface area contributed by atoms with Crippen molar-refractivity contribution in [2.24, 2.45) is 0 Å². The largest absolute Gasteiger partial charge is 0.744 e. The van der Waals surface area contributed by atoms with E-state index in [9.17, 15) is 13.0 Å². The first kappa shape index (κ1) is 31.6. The van der Waals surface area contributed by atoms with Gasteiger partial charge in [0.05, 0.1) is 31.6 Å². The summed E-state index contributed by atoms with van der Waals surface area (Å²) >= 11 is 3.57. The van der Waals surface area contributed by atoms with E-state index in [1.54, 1.807) is 12.1 Å². The highest BCUT2D eigenvalue weighted by atomic mass is 79.9. The number of nitrogens with zero attached hydrogens (tertiary/aromatic N) is 1. The molecule has 6 heteroatoms. The van der Waals surface area contributed by atoms with E-state index in [0.29, 0.717) is 0 Å². The molecule has 1 aromatic carbocycles. The first-order chi connectivity index (χ1) is 15.2. The highest BCUT2D eigenvalue weighted by Gasteiger charge is 2.19. The minimum absolute atomic E-state index is 0.178. The normalized spacial score (nSPS) is 11.8. The lowest BCUT2D eigenvalue weighted by atomic mass is 10.1. The maximum Gasteiger partial charge on any atom is 0.124 e. The molecule has 0 bridgehead atoms. The lowest BCUT2D eigenvalue weighted by Gasteiger charge is -2.35. The zero-order valence-corrected chi connectivity index (χ0v) is 23.5. The first-order valence-electron chi connectivity index (χ1n) is 12.6. The Labute approximate surface area is 207 Å². The minimum atomic E-state index is -4.27. The van der Waals surface area contributed by atoms with Gasteiger partial charge in [-0.25, -0.2) is 8.42 Å². The lowest BCUT2D eigenvalue weighted by Crippen LogP contribution is -2.46. The second-order valence-electron chi connectivity index (χ2n) is 9.28. The molecule has 0 spiro atoms. The molecule has 0 unspecified atom stereocenters. The fraction of sp³-hybridized carbons (Fsp3) is 0.769. The number of hydrogen-bond donors (Lipinski definition) is 0. The van der Waals surface area contributed by atoms with Crippen LogP contribution in [-0.2, 0) is 10.1 Å². The Morgan fingerprint density at radius 1 is 0.750 bits per heavy atom. The summed E-state index contributed by atoms with van der Waals surface area (Å²) < 4.78 is 32.5.